The molecule has 0 heterocycles. The molecule has 0 atom stereocenters. The maximum absolute atomic E-state index is 9.64. The minimum absolute atomic E-state index is 0.00219. The van der Waals surface area contributed by atoms with E-state index in [1.54, 1.807) is 0 Å². The van der Waals surface area contributed by atoms with E-state index in [0.29, 0.717) is 11.1 Å². The van der Waals surface area contributed by atoms with Gasteiger partial charge in [-0.25, -0.2) is 0 Å². The van der Waals surface area contributed by atoms with E-state index in [1.165, 1.54) is 12.1 Å². The molecule has 0 bridgehead atoms. The van der Waals surface area contributed by atoms with Gasteiger partial charge in [-0.1, -0.05) is 81.2 Å². The Hall–Kier alpha value is 0.270. The molecule has 0 saturated heterocycles. The predicted molar refractivity (Wildman–Crippen MR) is 88.6 cm³/mol. The van der Waals surface area contributed by atoms with E-state index < -0.39 is 0 Å². The Morgan fingerprint density at radius 1 is 0.600 bits per heavy atom. The van der Waals surface area contributed by atoms with E-state index in [1.807, 2.05) is 0 Å². The maximum Gasteiger partial charge on any atom is 0.154 e. The summed E-state index contributed by atoms with van der Waals surface area (Å²) in [5.74, 6) is -0.331. The molecule has 0 aliphatic rings. The van der Waals surface area contributed by atoms with Crippen LogP contribution < -0.4 is 0 Å². The van der Waals surface area contributed by atoms with Crippen molar-refractivity contribution >= 4 is 81.2 Å². The lowest BCUT2D eigenvalue weighted by molar-refractivity contribution is 0.476. The van der Waals surface area contributed by atoms with Gasteiger partial charge in [0.2, 0.25) is 0 Å². The lowest BCUT2D eigenvalue weighted by Crippen LogP contribution is -1.88. The topological polar surface area (TPSA) is 20.2 Å². The zero-order valence-electron chi connectivity index (χ0n) is 9.25. The summed E-state index contributed by atoms with van der Waals surface area (Å²) in [7, 11) is 0. The van der Waals surface area contributed by atoms with Crippen molar-refractivity contribution in [3.63, 3.8) is 0 Å². The summed E-state index contributed by atoms with van der Waals surface area (Å²) < 4.78 is 0. The highest BCUT2D eigenvalue weighted by atomic mass is 35.5. The Labute approximate surface area is 149 Å². The molecule has 0 aliphatic heterocycles. The van der Waals surface area contributed by atoms with Crippen molar-refractivity contribution in [2.24, 2.45) is 0 Å². The van der Waals surface area contributed by atoms with Crippen molar-refractivity contribution in [2.45, 2.75) is 0 Å². The zero-order valence-corrected chi connectivity index (χ0v) is 14.5. The van der Waals surface area contributed by atoms with Crippen LogP contribution in [0.4, 0.5) is 0 Å². The molecular weight excluding hydrogens is 408 g/mol. The number of hydrogen-bond acceptors (Lipinski definition) is 1. The molecule has 2 aromatic carbocycles. The molecule has 106 valence electrons. The average Bonchev–Trinajstić information content (AvgIpc) is 2.40. The number of aromatic hydroxyl groups is 1. The van der Waals surface area contributed by atoms with Gasteiger partial charge in [0.25, 0.3) is 0 Å². The number of rotatable bonds is 1. The van der Waals surface area contributed by atoms with Crippen molar-refractivity contribution < 1.29 is 5.11 Å². The Morgan fingerprint density at radius 3 is 1.60 bits per heavy atom. The van der Waals surface area contributed by atoms with Gasteiger partial charge in [0, 0.05) is 11.1 Å². The Morgan fingerprint density at radius 2 is 1.10 bits per heavy atom. The number of halogens is 7. The van der Waals surface area contributed by atoms with Gasteiger partial charge in [-0.15, -0.1) is 0 Å². The van der Waals surface area contributed by atoms with E-state index >= 15 is 0 Å². The number of phenols is 1. The molecule has 2 rings (SSSR count). The van der Waals surface area contributed by atoms with Gasteiger partial charge in [0.05, 0.1) is 30.1 Å². The molecule has 0 fully saturated rings. The van der Waals surface area contributed by atoms with E-state index in [-0.39, 0.29) is 40.9 Å². The number of hydrogen-bond donors (Lipinski definition) is 1. The van der Waals surface area contributed by atoms with Gasteiger partial charge in [-0.05, 0) is 12.1 Å². The fourth-order valence-corrected chi connectivity index (χ4v) is 3.28. The first-order chi connectivity index (χ1) is 9.25. The molecule has 0 spiro atoms. The number of benzene rings is 2. The molecule has 1 nitrogen and oxygen atoms in total. The highest BCUT2D eigenvalue weighted by Gasteiger charge is 2.22. The van der Waals surface area contributed by atoms with Crippen LogP contribution in [0.15, 0.2) is 12.1 Å². The third kappa shape index (κ3) is 2.78. The Kier molecular flexibility index (Phi) is 5.14. The minimum atomic E-state index is -0.331. The second-order valence-electron chi connectivity index (χ2n) is 3.73. The van der Waals surface area contributed by atoms with Crippen LogP contribution in [0.2, 0.25) is 35.2 Å². The smallest absolute Gasteiger partial charge is 0.154 e. The first-order valence-corrected chi connectivity index (χ1v) is 7.60. The summed E-state index contributed by atoms with van der Waals surface area (Å²) in [6, 6.07) is 2.79. The van der Waals surface area contributed by atoms with E-state index in [0.717, 1.165) is 0 Å². The van der Waals surface area contributed by atoms with Crippen molar-refractivity contribution in [3.8, 4) is 16.9 Å². The van der Waals surface area contributed by atoms with Crippen LogP contribution in [0.25, 0.3) is 11.1 Å². The summed E-state index contributed by atoms with van der Waals surface area (Å²) in [6.45, 7) is 0. The molecule has 0 saturated carbocycles. The molecular formula is C12H3Cl7O. The maximum atomic E-state index is 9.64. The highest BCUT2D eigenvalue weighted by molar-refractivity contribution is 6.52. The standard InChI is InChI=1S/C12H3Cl7O/c13-4-2-5(14)10(18)7(9(4)17)3-1-6(15)12(20)11(19)8(3)16/h1-2,20H. The van der Waals surface area contributed by atoms with Gasteiger partial charge in [0.1, 0.15) is 5.02 Å². The van der Waals surface area contributed by atoms with Crippen LogP contribution in [0, 0.1) is 0 Å². The zero-order chi connectivity index (χ0) is 15.2. The van der Waals surface area contributed by atoms with Gasteiger partial charge in [-0.2, -0.15) is 0 Å². The van der Waals surface area contributed by atoms with Gasteiger partial charge >= 0.3 is 0 Å². The molecule has 0 aromatic heterocycles. The second-order valence-corrected chi connectivity index (χ2v) is 6.46. The second kappa shape index (κ2) is 6.18. The van der Waals surface area contributed by atoms with Crippen LogP contribution in [-0.4, -0.2) is 5.11 Å². The third-order valence-electron chi connectivity index (χ3n) is 2.52. The van der Waals surface area contributed by atoms with Crippen LogP contribution in [-0.2, 0) is 0 Å². The Bertz CT molecular complexity index is 686. The third-order valence-corrected chi connectivity index (χ3v) is 5.24. The first kappa shape index (κ1) is 16.6. The molecule has 1 N–H and O–H groups in total. The number of phenolic OH excluding ortho intramolecular Hbond substituents is 1. The molecule has 0 radical (unpaired) electrons. The predicted octanol–water partition coefficient (Wildman–Crippen LogP) is 7.63. The van der Waals surface area contributed by atoms with Gasteiger partial charge in [0.15, 0.2) is 5.75 Å². The van der Waals surface area contributed by atoms with Gasteiger partial charge < -0.3 is 5.11 Å². The molecule has 0 aliphatic carbocycles. The van der Waals surface area contributed by atoms with E-state index in [9.17, 15) is 5.11 Å². The average molecular weight is 411 g/mol. The SMILES string of the molecule is Oc1c(Cl)cc(-c2c(Cl)c(Cl)cc(Cl)c2Cl)c(Cl)c1Cl. The van der Waals surface area contributed by atoms with Crippen LogP contribution in [0.5, 0.6) is 5.75 Å². The lowest BCUT2D eigenvalue weighted by Gasteiger charge is -2.14. The molecule has 20 heavy (non-hydrogen) atoms. The normalized spacial score (nSPS) is 10.9. The fourth-order valence-electron chi connectivity index (χ4n) is 1.58. The van der Waals surface area contributed by atoms with E-state index in [4.69, 9.17) is 81.2 Å². The van der Waals surface area contributed by atoms with Crippen molar-refractivity contribution in [2.75, 3.05) is 0 Å². The first-order valence-electron chi connectivity index (χ1n) is 4.95. The quantitative estimate of drug-likeness (QED) is 0.478. The summed E-state index contributed by atoms with van der Waals surface area (Å²) in [5.41, 5.74) is 0.610. The van der Waals surface area contributed by atoms with E-state index in [2.05, 4.69) is 0 Å². The summed E-state index contributed by atoms with van der Waals surface area (Å²) in [6.07, 6.45) is 0. The molecule has 0 unspecified atom stereocenters. The van der Waals surface area contributed by atoms with Crippen molar-refractivity contribution in [1.82, 2.24) is 0 Å². The summed E-state index contributed by atoms with van der Waals surface area (Å²) >= 11 is 42.1. The fraction of sp³-hybridized carbons (Fsp3) is 0. The largest absolute Gasteiger partial charge is 0.505 e. The summed E-state index contributed by atoms with van der Waals surface area (Å²) in [5, 5.41) is 10.3. The Balaban J connectivity index is 2.89. The molecule has 2 aromatic rings. The van der Waals surface area contributed by atoms with Crippen molar-refractivity contribution in [1.29, 1.82) is 0 Å². The van der Waals surface area contributed by atoms with Crippen LogP contribution in [0.3, 0.4) is 0 Å². The van der Waals surface area contributed by atoms with Gasteiger partial charge in [-0.3, -0.25) is 0 Å². The van der Waals surface area contributed by atoms with Crippen molar-refractivity contribution in [3.05, 3.63) is 47.3 Å². The monoisotopic (exact) mass is 408 g/mol. The van der Waals surface area contributed by atoms with Crippen LogP contribution >= 0.6 is 81.2 Å². The highest BCUT2D eigenvalue weighted by Crippen LogP contribution is 2.49. The molecule has 0 amide bonds. The van der Waals surface area contributed by atoms with Crippen LogP contribution in [0.1, 0.15) is 0 Å². The summed E-state index contributed by atoms with van der Waals surface area (Å²) in [4.78, 5) is 0. The molecule has 8 heteroatoms. The lowest BCUT2D eigenvalue weighted by atomic mass is 10.0. The minimum Gasteiger partial charge on any atom is -0.505 e.